The number of benzene rings is 3. The van der Waals surface area contributed by atoms with Crippen LogP contribution in [0.5, 0.6) is 0 Å². The first-order valence-electron chi connectivity index (χ1n) is 24.6. The third-order valence-electron chi connectivity index (χ3n) is 14.3. The van der Waals surface area contributed by atoms with E-state index in [4.69, 9.17) is 49.8 Å². The van der Waals surface area contributed by atoms with E-state index in [-0.39, 0.29) is 22.9 Å². The van der Waals surface area contributed by atoms with Crippen LogP contribution >= 0.6 is 50.7 Å². The van der Waals surface area contributed by atoms with E-state index in [0.717, 1.165) is 124 Å². The molecule has 0 unspecified atom stereocenters. The number of aromatic amines is 3. The molecule has 390 valence electrons. The van der Waals surface area contributed by atoms with Gasteiger partial charge in [-0.1, -0.05) is 34.8 Å². The second kappa shape index (κ2) is 23.1. The van der Waals surface area contributed by atoms with Gasteiger partial charge in [0.2, 0.25) is 0 Å². The number of aromatic nitrogens is 3. The summed E-state index contributed by atoms with van der Waals surface area (Å²) >= 11 is 22.1. The standard InChI is InChI=1S/C16H15ClN2O3.C16H17ClN2O.C12H15BClNO4.C10H12BrNO/c1-9-15-11(4-2-3-5-14(15)20)16(18-9)12-8-10(19(21)22)6-7-13(12)17;1-9-15-11(4-2-3-5-14(15)20)16(19-9)12-8-10(18)6-7-13(12)17;1-11(2)12(3,4)19-13(18-11)9-7-8(15(16)17)5-6-10(9)14;1-6-9-7(10(11)12-6)4-2-3-5-8(9)13/h6-8,18H,2-5H2,1H3;6-8,19H,2-5,18H2,1H3;5-7H,1-4H3;12H,2-5H2,1H3. The monoisotopic (exact) mass is 1130 g/mol. The van der Waals surface area contributed by atoms with Crippen molar-refractivity contribution in [3.63, 3.8) is 0 Å². The van der Waals surface area contributed by atoms with Crippen LogP contribution in [0, 0.1) is 41.0 Å². The number of nitro groups is 2. The molecule has 0 saturated carbocycles. The highest BCUT2D eigenvalue weighted by atomic mass is 79.9. The molecule has 1 saturated heterocycles. The van der Waals surface area contributed by atoms with E-state index in [1.165, 1.54) is 42.0 Å². The summed E-state index contributed by atoms with van der Waals surface area (Å²) in [7, 11) is -0.697. The van der Waals surface area contributed by atoms with Gasteiger partial charge in [0, 0.05) is 105 Å². The number of nitrogens with two attached hydrogens (primary N) is 1. The number of nitro benzene ring substituents is 2. The molecule has 10 rings (SSSR count). The van der Waals surface area contributed by atoms with Gasteiger partial charge in [-0.15, -0.1) is 0 Å². The topological polar surface area (TPSA) is 229 Å². The van der Waals surface area contributed by atoms with Crippen molar-refractivity contribution in [3.8, 4) is 22.5 Å². The Labute approximate surface area is 453 Å². The molecule has 15 nitrogen and oxygen atoms in total. The number of Topliss-reactive ketones (excluding diaryl/α,β-unsaturated/α-hetero) is 3. The highest BCUT2D eigenvalue weighted by Crippen LogP contribution is 2.40. The minimum Gasteiger partial charge on any atom is -0.399 e. The number of fused-ring (bicyclic) bond motifs is 3. The lowest BCUT2D eigenvalue weighted by Crippen LogP contribution is -2.41. The lowest BCUT2D eigenvalue weighted by atomic mass is 9.79. The maximum absolute atomic E-state index is 12.3. The molecule has 4 aliphatic rings. The highest BCUT2D eigenvalue weighted by Gasteiger charge is 2.52. The lowest BCUT2D eigenvalue weighted by molar-refractivity contribution is -0.385. The Bertz CT molecular complexity index is 3160. The highest BCUT2D eigenvalue weighted by molar-refractivity contribution is 9.10. The van der Waals surface area contributed by atoms with Crippen molar-refractivity contribution < 1.29 is 33.5 Å². The summed E-state index contributed by atoms with van der Waals surface area (Å²) in [5.74, 6) is 0.665. The van der Waals surface area contributed by atoms with E-state index < -0.39 is 28.2 Å². The molecule has 3 aliphatic carbocycles. The molecule has 0 radical (unpaired) electrons. The number of carbonyl (C=O) groups is 3. The van der Waals surface area contributed by atoms with Gasteiger partial charge in [-0.25, -0.2) is 0 Å². The summed E-state index contributed by atoms with van der Waals surface area (Å²) in [4.78, 5) is 66.8. The third-order valence-corrected chi connectivity index (χ3v) is 16.0. The number of nitrogens with one attached hydrogen (secondary N) is 3. The first kappa shape index (κ1) is 56.2. The normalized spacial score (nSPS) is 16.6. The number of ketones is 3. The van der Waals surface area contributed by atoms with Gasteiger partial charge in [-0.3, -0.25) is 34.6 Å². The SMILES string of the molecule is CC1(C)OB(c2cc([N+](=O)[O-])ccc2Cl)OC1(C)C.Cc1[nH]c(-c2cc(N)ccc2Cl)c2c1C(=O)CCCC2.Cc1[nH]c(-c2cc([N+](=O)[O-])ccc2Cl)c2c1C(=O)CCCC2.Cc1[nH]c(Br)c2c1C(=O)CCCC2. The predicted molar refractivity (Wildman–Crippen MR) is 296 cm³/mol. The van der Waals surface area contributed by atoms with Crippen LogP contribution in [0.1, 0.15) is 150 Å². The zero-order valence-electron chi connectivity index (χ0n) is 42.4. The van der Waals surface area contributed by atoms with Gasteiger partial charge in [0.15, 0.2) is 17.3 Å². The molecule has 1 fully saturated rings. The third kappa shape index (κ3) is 12.1. The van der Waals surface area contributed by atoms with Crippen molar-refractivity contribution in [3.05, 3.63) is 145 Å². The number of anilines is 1. The molecule has 0 spiro atoms. The maximum Gasteiger partial charge on any atom is 0.496 e. The van der Waals surface area contributed by atoms with Gasteiger partial charge in [0.05, 0.1) is 47.1 Å². The van der Waals surface area contributed by atoms with E-state index in [0.29, 0.717) is 56.8 Å². The van der Waals surface area contributed by atoms with E-state index >= 15 is 0 Å². The van der Waals surface area contributed by atoms with E-state index in [1.807, 2.05) is 54.5 Å². The Morgan fingerprint density at radius 2 is 0.946 bits per heavy atom. The molecule has 4 heterocycles. The molecule has 0 atom stereocenters. The number of rotatable bonds is 5. The Hall–Kier alpha value is -5.56. The first-order valence-corrected chi connectivity index (χ1v) is 26.5. The Morgan fingerprint density at radius 3 is 1.42 bits per heavy atom. The van der Waals surface area contributed by atoms with Crippen molar-refractivity contribution in [1.82, 2.24) is 15.0 Å². The van der Waals surface area contributed by atoms with Crippen LogP contribution in [0.3, 0.4) is 0 Å². The summed E-state index contributed by atoms with van der Waals surface area (Å²) in [5.41, 5.74) is 17.6. The van der Waals surface area contributed by atoms with E-state index in [9.17, 15) is 34.6 Å². The molecular formula is C54H59BBrCl3N6O9. The van der Waals surface area contributed by atoms with Crippen molar-refractivity contribution in [1.29, 1.82) is 0 Å². The fourth-order valence-electron chi connectivity index (χ4n) is 9.80. The average Bonchev–Trinajstić information content (AvgIpc) is 3.82. The molecular weight excluding hydrogens is 1070 g/mol. The van der Waals surface area contributed by atoms with Crippen LogP contribution in [0.2, 0.25) is 15.1 Å². The first-order chi connectivity index (χ1) is 34.9. The molecule has 74 heavy (non-hydrogen) atoms. The van der Waals surface area contributed by atoms with Crippen LogP contribution in [0.4, 0.5) is 17.1 Å². The smallest absolute Gasteiger partial charge is 0.399 e. The number of nitrogen functional groups attached to an aromatic ring is 1. The van der Waals surface area contributed by atoms with Crippen LogP contribution in [-0.4, -0.2) is 60.5 Å². The largest absolute Gasteiger partial charge is 0.496 e. The van der Waals surface area contributed by atoms with E-state index in [1.54, 1.807) is 12.1 Å². The molecule has 5 N–H and O–H groups in total. The van der Waals surface area contributed by atoms with Gasteiger partial charge in [0.25, 0.3) is 11.4 Å². The van der Waals surface area contributed by atoms with Crippen molar-refractivity contribution >= 4 is 97.7 Å². The summed E-state index contributed by atoms with van der Waals surface area (Å²) in [5, 5.41) is 23.3. The van der Waals surface area contributed by atoms with Crippen molar-refractivity contribution in [2.75, 3.05) is 5.73 Å². The number of nitrogens with zero attached hydrogens (tertiary/aromatic N) is 2. The predicted octanol–water partition coefficient (Wildman–Crippen LogP) is 14.1. The van der Waals surface area contributed by atoms with Gasteiger partial charge < -0.3 is 30.0 Å². The van der Waals surface area contributed by atoms with Crippen molar-refractivity contribution in [2.24, 2.45) is 0 Å². The molecule has 1 aliphatic heterocycles. The van der Waals surface area contributed by atoms with Crippen LogP contribution < -0.4 is 11.2 Å². The quantitative estimate of drug-likeness (QED) is 0.0419. The zero-order valence-corrected chi connectivity index (χ0v) is 46.3. The van der Waals surface area contributed by atoms with Gasteiger partial charge in [-0.2, -0.15) is 0 Å². The van der Waals surface area contributed by atoms with Gasteiger partial charge in [0.1, 0.15) is 0 Å². The molecule has 0 bridgehead atoms. The summed E-state index contributed by atoms with van der Waals surface area (Å²) < 4.78 is 12.7. The fraction of sp³-hybridized carbons (Fsp3) is 0.389. The second-order valence-corrected chi connectivity index (χ2v) is 22.0. The van der Waals surface area contributed by atoms with Crippen LogP contribution in [-0.2, 0) is 28.6 Å². The summed E-state index contributed by atoms with van der Waals surface area (Å²) in [6.07, 6.45) is 10.5. The Morgan fingerprint density at radius 1 is 0.568 bits per heavy atom. The molecule has 20 heteroatoms. The summed E-state index contributed by atoms with van der Waals surface area (Å²) in [6.45, 7) is 13.4. The average molecular weight is 1130 g/mol. The molecule has 0 amide bonds. The molecule has 3 aromatic heterocycles. The number of carbonyl (C=O) groups excluding carboxylic acids is 3. The number of hydrogen-bond acceptors (Lipinski definition) is 10. The second-order valence-electron chi connectivity index (χ2n) is 20.0. The number of halogens is 4. The van der Waals surface area contributed by atoms with Crippen molar-refractivity contribution in [2.45, 2.75) is 137 Å². The molecule has 6 aromatic rings. The Kier molecular flexibility index (Phi) is 17.6. The minimum absolute atomic E-state index is 0.0136. The van der Waals surface area contributed by atoms with Crippen LogP contribution in [0.15, 0.2) is 59.2 Å². The lowest BCUT2D eigenvalue weighted by Gasteiger charge is -2.32. The van der Waals surface area contributed by atoms with Crippen LogP contribution in [0.25, 0.3) is 22.5 Å². The number of non-ortho nitro benzene ring substituents is 2. The number of aryl methyl sites for hydroxylation is 3. The van der Waals surface area contributed by atoms with Gasteiger partial charge >= 0.3 is 7.12 Å². The molecule has 3 aromatic carbocycles. The fourth-order valence-corrected chi connectivity index (χ4v) is 11.1. The minimum atomic E-state index is -0.697. The number of hydrogen-bond donors (Lipinski definition) is 4. The summed E-state index contributed by atoms with van der Waals surface area (Å²) in [6, 6.07) is 14.1. The maximum atomic E-state index is 12.3. The zero-order chi connectivity index (χ0) is 54.0. The van der Waals surface area contributed by atoms with Gasteiger partial charge in [-0.05, 0) is 169 Å². The number of H-pyrrole nitrogens is 3. The van der Waals surface area contributed by atoms with E-state index in [2.05, 4.69) is 30.9 Å². The Balaban J connectivity index is 0.000000146.